The lowest BCUT2D eigenvalue weighted by Crippen LogP contribution is -2.38. The van der Waals surface area contributed by atoms with Gasteiger partial charge in [0.1, 0.15) is 11.5 Å². The Labute approximate surface area is 239 Å². The number of aromatic hydroxyl groups is 2. The zero-order valence-electron chi connectivity index (χ0n) is 25.0. The monoisotopic (exact) mass is 571 g/mol. The predicted octanol–water partition coefficient (Wildman–Crippen LogP) is 8.02. The van der Waals surface area contributed by atoms with Gasteiger partial charge in [-0.1, -0.05) is 49.9 Å². The standard InChI is InChI=1S/C32H51O5Si2/c1-6-35-38(4)22-12-14-26-24-28(16-18-30(26)33)32(20-10-9-11-21-32)29-17-19-31(34)27(25-29)15-13-23-39(5,36-7-2)37-8-3/h16-19,24-25,33-34H,6-15,20-23H2,1-5H3/q-1. The van der Waals surface area contributed by atoms with Crippen LogP contribution in [0.15, 0.2) is 36.4 Å². The molecule has 0 spiro atoms. The van der Waals surface area contributed by atoms with Crippen molar-refractivity contribution in [1.82, 2.24) is 0 Å². The van der Waals surface area contributed by atoms with E-state index in [0.29, 0.717) is 24.7 Å². The molecule has 0 aromatic heterocycles. The van der Waals surface area contributed by atoms with Crippen molar-refractivity contribution in [3.63, 3.8) is 0 Å². The number of phenolic OH excluding ortho intramolecular Hbond substituents is 2. The largest absolute Gasteiger partial charge is 0.589 e. The van der Waals surface area contributed by atoms with Crippen LogP contribution in [0.4, 0.5) is 0 Å². The highest BCUT2D eigenvalue weighted by atomic mass is 28.4. The van der Waals surface area contributed by atoms with Gasteiger partial charge < -0.3 is 23.5 Å². The molecule has 1 saturated carbocycles. The third kappa shape index (κ3) is 8.67. The fraction of sp³-hybridized carbons (Fsp3) is 0.625. The van der Waals surface area contributed by atoms with Crippen LogP contribution in [0.25, 0.3) is 0 Å². The molecule has 1 fully saturated rings. The lowest BCUT2D eigenvalue weighted by molar-refractivity contribution is 0.188. The summed E-state index contributed by atoms with van der Waals surface area (Å²) in [5.74, 6) is 0.770. The molecule has 218 valence electrons. The Balaban J connectivity index is 1.84. The molecule has 0 saturated heterocycles. The van der Waals surface area contributed by atoms with E-state index in [1.54, 1.807) is 0 Å². The minimum atomic E-state index is -2.18. The van der Waals surface area contributed by atoms with E-state index < -0.39 is 17.6 Å². The number of hydrogen-bond acceptors (Lipinski definition) is 5. The molecule has 5 nitrogen and oxygen atoms in total. The van der Waals surface area contributed by atoms with Gasteiger partial charge in [-0.3, -0.25) is 0 Å². The second-order valence-electron chi connectivity index (χ2n) is 11.2. The number of rotatable bonds is 16. The molecule has 2 aromatic rings. The van der Waals surface area contributed by atoms with Crippen LogP contribution in [0.3, 0.4) is 0 Å². The van der Waals surface area contributed by atoms with Crippen LogP contribution in [0.1, 0.15) is 88.0 Å². The van der Waals surface area contributed by atoms with Crippen molar-refractivity contribution in [2.24, 2.45) is 0 Å². The molecule has 0 amide bonds. The Morgan fingerprint density at radius 3 is 1.85 bits per heavy atom. The summed E-state index contributed by atoms with van der Waals surface area (Å²) in [6.07, 6.45) is 9.45. The van der Waals surface area contributed by atoms with E-state index >= 15 is 0 Å². The maximum absolute atomic E-state index is 10.8. The maximum Gasteiger partial charge on any atom is 0.334 e. The summed E-state index contributed by atoms with van der Waals surface area (Å²) in [6, 6.07) is 14.6. The Kier molecular flexibility index (Phi) is 12.6. The first-order valence-corrected chi connectivity index (χ1v) is 19.8. The molecule has 0 bridgehead atoms. The highest BCUT2D eigenvalue weighted by Gasteiger charge is 2.37. The molecule has 2 aromatic carbocycles. The van der Waals surface area contributed by atoms with Gasteiger partial charge >= 0.3 is 8.56 Å². The fourth-order valence-corrected chi connectivity index (χ4v) is 10.0. The number of hydrogen-bond donors (Lipinski definition) is 2. The average molecular weight is 572 g/mol. The second kappa shape index (κ2) is 15.4. The summed E-state index contributed by atoms with van der Waals surface area (Å²) in [4.78, 5) is 0. The zero-order valence-corrected chi connectivity index (χ0v) is 27.0. The molecular formula is C32H51O5Si2-. The Bertz CT molecular complexity index is 1020. The van der Waals surface area contributed by atoms with Gasteiger partial charge in [0.2, 0.25) is 0 Å². The number of benzene rings is 2. The zero-order chi connectivity index (χ0) is 28.3. The van der Waals surface area contributed by atoms with Gasteiger partial charge in [-0.05, 0) is 106 Å². The van der Waals surface area contributed by atoms with Gasteiger partial charge in [0.05, 0.1) is 0 Å². The molecule has 3 rings (SSSR count). The van der Waals surface area contributed by atoms with Gasteiger partial charge in [-0.15, -0.1) is 9.04 Å². The molecule has 0 atom stereocenters. The first-order valence-electron chi connectivity index (χ1n) is 15.1. The molecule has 1 aliphatic carbocycles. The quantitative estimate of drug-likeness (QED) is 0.200. The summed E-state index contributed by atoms with van der Waals surface area (Å²) >= 11 is 0. The third-order valence-corrected chi connectivity index (χ3v) is 13.2. The van der Waals surface area contributed by atoms with Crippen LogP contribution in [-0.2, 0) is 31.5 Å². The molecule has 39 heavy (non-hydrogen) atoms. The van der Waals surface area contributed by atoms with Crippen molar-refractivity contribution in [2.75, 3.05) is 19.8 Å². The van der Waals surface area contributed by atoms with Crippen molar-refractivity contribution in [3.05, 3.63) is 58.7 Å². The van der Waals surface area contributed by atoms with Crippen molar-refractivity contribution in [2.45, 2.75) is 109 Å². The second-order valence-corrected chi connectivity index (χ2v) is 16.7. The van der Waals surface area contributed by atoms with Crippen molar-refractivity contribution in [3.8, 4) is 11.5 Å². The lowest BCUT2D eigenvalue weighted by atomic mass is 9.65. The molecule has 0 aliphatic heterocycles. The Morgan fingerprint density at radius 2 is 1.33 bits per heavy atom. The van der Waals surface area contributed by atoms with Crippen LogP contribution in [-0.4, -0.2) is 47.6 Å². The van der Waals surface area contributed by atoms with Crippen molar-refractivity contribution in [1.29, 1.82) is 0 Å². The van der Waals surface area contributed by atoms with E-state index in [9.17, 15) is 10.2 Å². The normalized spacial score (nSPS) is 15.6. The van der Waals surface area contributed by atoms with Crippen LogP contribution >= 0.6 is 0 Å². The molecule has 0 radical (unpaired) electrons. The van der Waals surface area contributed by atoms with E-state index in [0.717, 1.165) is 68.3 Å². The predicted molar refractivity (Wildman–Crippen MR) is 164 cm³/mol. The number of phenols is 2. The molecule has 1 aliphatic rings. The minimum absolute atomic E-state index is 0.0892. The van der Waals surface area contributed by atoms with Gasteiger partial charge in [-0.2, -0.15) is 12.6 Å². The maximum atomic E-state index is 10.8. The third-order valence-electron chi connectivity index (χ3n) is 8.31. The van der Waals surface area contributed by atoms with Crippen LogP contribution in [0, 0.1) is 0 Å². The van der Waals surface area contributed by atoms with Crippen LogP contribution < -0.4 is 0 Å². The molecular weight excluding hydrogens is 521 g/mol. The molecule has 0 heterocycles. The first-order chi connectivity index (χ1) is 18.8. The average Bonchev–Trinajstić information content (AvgIpc) is 2.91. The lowest BCUT2D eigenvalue weighted by Gasteiger charge is -2.39. The first kappa shape index (κ1) is 31.9. The summed E-state index contributed by atoms with van der Waals surface area (Å²) in [6.45, 7) is 12.6. The van der Waals surface area contributed by atoms with Crippen LogP contribution in [0.2, 0.25) is 25.2 Å². The Morgan fingerprint density at radius 1 is 0.795 bits per heavy atom. The van der Waals surface area contributed by atoms with Gasteiger partial charge in [0.15, 0.2) is 0 Å². The van der Waals surface area contributed by atoms with Gasteiger partial charge in [0.25, 0.3) is 0 Å². The fourth-order valence-electron chi connectivity index (χ4n) is 6.31. The van der Waals surface area contributed by atoms with E-state index in [-0.39, 0.29) is 5.41 Å². The summed E-state index contributed by atoms with van der Waals surface area (Å²) in [7, 11) is -2.94. The van der Waals surface area contributed by atoms with E-state index in [2.05, 4.69) is 44.3 Å². The van der Waals surface area contributed by atoms with Crippen LogP contribution in [0.5, 0.6) is 11.5 Å². The number of aryl methyl sites for hydroxylation is 2. The minimum Gasteiger partial charge on any atom is -0.589 e. The summed E-state index contributed by atoms with van der Waals surface area (Å²) in [5, 5.41) is 21.5. The van der Waals surface area contributed by atoms with Crippen molar-refractivity contribution < 1.29 is 23.5 Å². The highest BCUT2D eigenvalue weighted by Crippen LogP contribution is 2.46. The molecule has 7 heteroatoms. The van der Waals surface area contributed by atoms with Crippen molar-refractivity contribution >= 4 is 17.6 Å². The summed E-state index contributed by atoms with van der Waals surface area (Å²) < 4.78 is 17.9. The SMILES string of the molecule is CCO[Si-](C)CCCc1cc(C2(c3ccc(O)c(CCC[Si](C)(OCC)OCC)c3)CCCCC2)ccc1O. The summed E-state index contributed by atoms with van der Waals surface area (Å²) in [5.41, 5.74) is 4.55. The highest BCUT2D eigenvalue weighted by molar-refractivity contribution is 6.66. The van der Waals surface area contributed by atoms with Gasteiger partial charge in [-0.25, -0.2) is 0 Å². The van der Waals surface area contributed by atoms with E-state index in [1.165, 1.54) is 30.4 Å². The molecule has 2 N–H and O–H groups in total. The van der Waals surface area contributed by atoms with E-state index in [4.69, 9.17) is 13.3 Å². The smallest absolute Gasteiger partial charge is 0.334 e. The van der Waals surface area contributed by atoms with Gasteiger partial charge in [0, 0.05) is 18.6 Å². The molecule has 0 unspecified atom stereocenters. The Hall–Kier alpha value is -1.65. The van der Waals surface area contributed by atoms with E-state index in [1.807, 2.05) is 26.0 Å². The topological polar surface area (TPSA) is 68.2 Å².